The smallest absolute Gasteiger partial charge is 0.218 e. The van der Waals surface area contributed by atoms with Crippen LogP contribution in [0, 0.1) is 12.7 Å². The van der Waals surface area contributed by atoms with Gasteiger partial charge < -0.3 is 0 Å². The number of benzene rings is 2. The molecule has 2 aromatic rings. The van der Waals surface area contributed by atoms with E-state index in [1.807, 2.05) is 0 Å². The van der Waals surface area contributed by atoms with Gasteiger partial charge in [0.1, 0.15) is 5.82 Å². The van der Waals surface area contributed by atoms with E-state index in [9.17, 15) is 35.1 Å². The summed E-state index contributed by atoms with van der Waals surface area (Å²) in [5.74, 6) is -0.860. The molecule has 10 heteroatoms. The van der Waals surface area contributed by atoms with Gasteiger partial charge in [-0.3, -0.25) is 0 Å². The highest BCUT2D eigenvalue weighted by Gasteiger charge is 2.74. The van der Waals surface area contributed by atoms with E-state index in [4.69, 9.17) is 11.6 Å². The first-order valence-corrected chi connectivity index (χ1v) is 7.95. The van der Waals surface area contributed by atoms with Crippen molar-refractivity contribution in [1.82, 2.24) is 0 Å². The van der Waals surface area contributed by atoms with Gasteiger partial charge in [0.2, 0.25) is 0 Å². The SMILES string of the molecule is Cc1cc(Br)c(-c2ccc(F)cc2Cl)c(C(F)(C(F)(F)F)C(F)(F)F)c1. The Bertz CT molecular complexity index is 827. The van der Waals surface area contributed by atoms with Gasteiger partial charge in [0.15, 0.2) is 0 Å². The third-order valence-corrected chi connectivity index (χ3v) is 4.53. The Morgan fingerprint density at radius 1 is 0.885 bits per heavy atom. The maximum Gasteiger partial charge on any atom is 0.435 e. The summed E-state index contributed by atoms with van der Waals surface area (Å²) >= 11 is 8.64. The van der Waals surface area contributed by atoms with Crippen molar-refractivity contribution in [3.8, 4) is 11.1 Å². The van der Waals surface area contributed by atoms with Crippen LogP contribution in [0.2, 0.25) is 5.02 Å². The highest BCUT2D eigenvalue weighted by molar-refractivity contribution is 9.10. The van der Waals surface area contributed by atoms with Gasteiger partial charge >= 0.3 is 18.0 Å². The quantitative estimate of drug-likeness (QED) is 0.401. The van der Waals surface area contributed by atoms with Crippen LogP contribution in [0.25, 0.3) is 11.1 Å². The minimum Gasteiger partial charge on any atom is -0.218 e. The van der Waals surface area contributed by atoms with E-state index in [0.29, 0.717) is 12.1 Å². The molecule has 0 radical (unpaired) electrons. The Morgan fingerprint density at radius 2 is 1.42 bits per heavy atom. The molecular weight excluding hydrogens is 460 g/mol. The topological polar surface area (TPSA) is 0 Å². The van der Waals surface area contributed by atoms with Crippen LogP contribution in [-0.4, -0.2) is 12.4 Å². The van der Waals surface area contributed by atoms with Gasteiger partial charge in [-0.2, -0.15) is 26.3 Å². The van der Waals surface area contributed by atoms with Crippen molar-refractivity contribution < 1.29 is 35.1 Å². The fraction of sp³-hybridized carbons (Fsp3) is 0.250. The molecule has 0 aliphatic rings. The van der Waals surface area contributed by atoms with Crippen LogP contribution in [0.15, 0.2) is 34.8 Å². The van der Waals surface area contributed by atoms with Gasteiger partial charge in [-0.1, -0.05) is 33.6 Å². The largest absolute Gasteiger partial charge is 0.435 e. The van der Waals surface area contributed by atoms with E-state index < -0.39 is 40.0 Å². The molecule has 0 nitrogen and oxygen atoms in total. The van der Waals surface area contributed by atoms with Crippen molar-refractivity contribution >= 4 is 27.5 Å². The van der Waals surface area contributed by atoms with Crippen molar-refractivity contribution in [2.75, 3.05) is 0 Å². The zero-order valence-corrected chi connectivity index (χ0v) is 15.0. The molecule has 0 saturated carbocycles. The monoisotopic (exact) mass is 466 g/mol. The molecular formula is C16H8BrClF8. The molecule has 0 heterocycles. The summed E-state index contributed by atoms with van der Waals surface area (Å²) in [5, 5.41) is -0.470. The fourth-order valence-corrected chi connectivity index (χ4v) is 3.50. The van der Waals surface area contributed by atoms with Crippen molar-refractivity contribution in [3.05, 3.63) is 56.8 Å². The molecule has 26 heavy (non-hydrogen) atoms. The molecule has 2 rings (SSSR count). The summed E-state index contributed by atoms with van der Waals surface area (Å²) in [5.41, 5.74) is -8.54. The lowest BCUT2D eigenvalue weighted by Crippen LogP contribution is -2.50. The summed E-state index contributed by atoms with van der Waals surface area (Å²) in [6.45, 7) is 1.21. The molecule has 0 spiro atoms. The van der Waals surface area contributed by atoms with E-state index in [1.165, 1.54) is 13.0 Å². The van der Waals surface area contributed by atoms with Crippen LogP contribution in [0.3, 0.4) is 0 Å². The van der Waals surface area contributed by atoms with Crippen molar-refractivity contribution in [1.29, 1.82) is 0 Å². The normalized spacial score (nSPS) is 13.2. The summed E-state index contributed by atoms with van der Waals surface area (Å²) in [6, 6.07) is 4.02. The molecule has 0 N–H and O–H groups in total. The first-order valence-electron chi connectivity index (χ1n) is 6.78. The number of halogens is 10. The number of alkyl halides is 7. The number of rotatable bonds is 2. The predicted molar refractivity (Wildman–Crippen MR) is 84.2 cm³/mol. The maximum atomic E-state index is 14.7. The van der Waals surface area contributed by atoms with Crippen LogP contribution in [0.4, 0.5) is 35.1 Å². The molecule has 0 unspecified atom stereocenters. The first kappa shape index (κ1) is 21.0. The molecule has 0 aliphatic carbocycles. The molecule has 0 amide bonds. The van der Waals surface area contributed by atoms with Crippen LogP contribution >= 0.6 is 27.5 Å². The Balaban J connectivity index is 2.97. The van der Waals surface area contributed by atoms with Crippen molar-refractivity contribution in [2.45, 2.75) is 24.9 Å². The maximum absolute atomic E-state index is 14.7. The molecule has 0 atom stereocenters. The van der Waals surface area contributed by atoms with Crippen LogP contribution in [0.1, 0.15) is 11.1 Å². The van der Waals surface area contributed by atoms with Gasteiger partial charge in [-0.05, 0) is 36.8 Å². The van der Waals surface area contributed by atoms with E-state index in [-0.39, 0.29) is 15.6 Å². The lowest BCUT2D eigenvalue weighted by atomic mass is 9.86. The van der Waals surface area contributed by atoms with E-state index in [0.717, 1.165) is 12.1 Å². The van der Waals surface area contributed by atoms with Gasteiger partial charge in [0.05, 0.1) is 5.02 Å². The van der Waals surface area contributed by atoms with Gasteiger partial charge in [-0.25, -0.2) is 8.78 Å². The molecule has 142 valence electrons. The third kappa shape index (κ3) is 3.43. The number of hydrogen-bond acceptors (Lipinski definition) is 0. The van der Waals surface area contributed by atoms with Gasteiger partial charge in [0.25, 0.3) is 0 Å². The fourth-order valence-electron chi connectivity index (χ4n) is 2.45. The average molecular weight is 468 g/mol. The van der Waals surface area contributed by atoms with Crippen molar-refractivity contribution in [3.63, 3.8) is 0 Å². The molecule has 0 fully saturated rings. The van der Waals surface area contributed by atoms with E-state index >= 15 is 0 Å². The number of hydrogen-bond donors (Lipinski definition) is 0. The minimum absolute atomic E-state index is 0.0515. The van der Waals surface area contributed by atoms with E-state index in [1.54, 1.807) is 0 Å². The average Bonchev–Trinajstić information content (AvgIpc) is 2.44. The van der Waals surface area contributed by atoms with Gasteiger partial charge in [-0.15, -0.1) is 0 Å². The standard InChI is InChI=1S/C16H8BrClF8/c1-7-4-10(14(20,15(21,22)23)16(24,25)26)13(11(17)5-7)9-3-2-8(19)6-12(9)18/h2-6H,1H3. The predicted octanol–water partition coefficient (Wildman–Crippen LogP) is 7.51. The lowest BCUT2D eigenvalue weighted by Gasteiger charge is -2.32. The van der Waals surface area contributed by atoms with E-state index in [2.05, 4.69) is 15.9 Å². The second-order valence-electron chi connectivity index (χ2n) is 5.45. The Hall–Kier alpha value is -1.35. The molecule has 0 aliphatic heterocycles. The lowest BCUT2D eigenvalue weighted by molar-refractivity contribution is -0.348. The van der Waals surface area contributed by atoms with Crippen LogP contribution in [-0.2, 0) is 5.67 Å². The Kier molecular flexibility index (Phi) is 5.38. The van der Waals surface area contributed by atoms with Crippen molar-refractivity contribution in [2.24, 2.45) is 0 Å². The molecule has 2 aromatic carbocycles. The molecule has 0 bridgehead atoms. The van der Waals surface area contributed by atoms with Crippen LogP contribution in [0.5, 0.6) is 0 Å². The third-order valence-electron chi connectivity index (χ3n) is 3.59. The molecule has 0 aromatic heterocycles. The Morgan fingerprint density at radius 3 is 1.88 bits per heavy atom. The minimum atomic E-state index is -6.29. The number of aryl methyl sites for hydroxylation is 1. The van der Waals surface area contributed by atoms with Crippen LogP contribution < -0.4 is 0 Å². The second kappa shape index (κ2) is 6.67. The second-order valence-corrected chi connectivity index (χ2v) is 6.71. The highest BCUT2D eigenvalue weighted by Crippen LogP contribution is 2.56. The highest BCUT2D eigenvalue weighted by atomic mass is 79.9. The van der Waals surface area contributed by atoms with Gasteiger partial charge in [0, 0.05) is 21.2 Å². The summed E-state index contributed by atoms with van der Waals surface area (Å²) < 4.78 is 107. The summed E-state index contributed by atoms with van der Waals surface area (Å²) in [7, 11) is 0. The Labute approximate surface area is 155 Å². The molecule has 0 saturated heterocycles. The summed E-state index contributed by atoms with van der Waals surface area (Å²) in [6.07, 6.45) is -12.6. The zero-order valence-electron chi connectivity index (χ0n) is 12.7. The summed E-state index contributed by atoms with van der Waals surface area (Å²) in [4.78, 5) is 0. The first-order chi connectivity index (χ1) is 11.7. The zero-order chi connectivity index (χ0) is 20.1.